The van der Waals surface area contributed by atoms with Gasteiger partial charge in [0.1, 0.15) is 6.61 Å². The minimum absolute atomic E-state index is 0.0573. The molecule has 2 aromatic carbocycles. The van der Waals surface area contributed by atoms with Gasteiger partial charge in [0.2, 0.25) is 5.82 Å². The van der Waals surface area contributed by atoms with Crippen molar-refractivity contribution in [3.05, 3.63) is 77.6 Å². The Labute approximate surface area is 165 Å². The lowest BCUT2D eigenvalue weighted by Gasteiger charge is -2.12. The van der Waals surface area contributed by atoms with Crippen LogP contribution in [0.3, 0.4) is 0 Å². The molecule has 0 saturated carbocycles. The summed E-state index contributed by atoms with van der Waals surface area (Å²) >= 11 is 0. The van der Waals surface area contributed by atoms with Crippen molar-refractivity contribution in [3.63, 3.8) is 0 Å². The highest BCUT2D eigenvalue weighted by Gasteiger charge is 2.18. The van der Waals surface area contributed by atoms with Crippen LogP contribution in [0, 0.1) is 6.92 Å². The van der Waals surface area contributed by atoms with Gasteiger partial charge in [0, 0.05) is 12.4 Å². The maximum atomic E-state index is 12.6. The SMILES string of the molecule is Cc1ccc(S(=O)(=O)Nc2nccnc2OCc2ccc(C(C)C)cc2)cc1. The van der Waals surface area contributed by atoms with E-state index in [-0.39, 0.29) is 23.2 Å². The number of ether oxygens (including phenoxy) is 1. The predicted molar refractivity (Wildman–Crippen MR) is 109 cm³/mol. The van der Waals surface area contributed by atoms with Gasteiger partial charge in [-0.2, -0.15) is 0 Å². The van der Waals surface area contributed by atoms with E-state index < -0.39 is 10.0 Å². The third-order valence-corrected chi connectivity index (χ3v) is 5.60. The summed E-state index contributed by atoms with van der Waals surface area (Å²) in [5.41, 5.74) is 3.18. The number of benzene rings is 2. The molecular weight excluding hydrogens is 374 g/mol. The van der Waals surface area contributed by atoms with Gasteiger partial charge < -0.3 is 4.74 Å². The predicted octanol–water partition coefficient (Wildman–Crippen LogP) is 4.29. The van der Waals surface area contributed by atoms with Crippen LogP contribution < -0.4 is 9.46 Å². The second kappa shape index (κ2) is 8.39. The topological polar surface area (TPSA) is 81.2 Å². The van der Waals surface area contributed by atoms with Crippen molar-refractivity contribution in [2.45, 2.75) is 38.2 Å². The molecule has 7 heteroatoms. The number of hydrogen-bond donors (Lipinski definition) is 1. The summed E-state index contributed by atoms with van der Waals surface area (Å²) in [6, 6.07) is 14.7. The highest BCUT2D eigenvalue weighted by Crippen LogP contribution is 2.23. The van der Waals surface area contributed by atoms with Gasteiger partial charge in [0.15, 0.2) is 0 Å². The smallest absolute Gasteiger partial charge is 0.263 e. The third-order valence-electron chi connectivity index (χ3n) is 4.25. The summed E-state index contributed by atoms with van der Waals surface area (Å²) in [6.07, 6.45) is 2.87. The Bertz CT molecular complexity index is 1030. The minimum atomic E-state index is -3.78. The van der Waals surface area contributed by atoms with E-state index in [2.05, 4.69) is 40.7 Å². The van der Waals surface area contributed by atoms with Crippen LogP contribution in [0.1, 0.15) is 36.5 Å². The number of anilines is 1. The number of hydrogen-bond acceptors (Lipinski definition) is 5. The highest BCUT2D eigenvalue weighted by atomic mass is 32.2. The molecule has 1 heterocycles. The van der Waals surface area contributed by atoms with Crippen molar-refractivity contribution in [3.8, 4) is 5.88 Å². The number of nitrogens with one attached hydrogen (secondary N) is 1. The summed E-state index contributed by atoms with van der Waals surface area (Å²) in [5, 5.41) is 0. The summed E-state index contributed by atoms with van der Waals surface area (Å²) in [4.78, 5) is 8.35. The molecule has 0 aliphatic heterocycles. The Balaban J connectivity index is 1.75. The quantitative estimate of drug-likeness (QED) is 0.643. The van der Waals surface area contributed by atoms with Crippen LogP contribution in [0.4, 0.5) is 5.82 Å². The number of nitrogens with zero attached hydrogens (tertiary/aromatic N) is 2. The number of rotatable bonds is 7. The standard InChI is InChI=1S/C21H23N3O3S/c1-15(2)18-8-6-17(7-9-18)14-27-21-20(22-12-13-23-21)24-28(25,26)19-10-4-16(3)5-11-19/h4-13,15H,14H2,1-3H3,(H,22,24). The van der Waals surface area contributed by atoms with E-state index in [1.54, 1.807) is 24.3 Å². The second-order valence-electron chi connectivity index (χ2n) is 6.81. The first-order valence-corrected chi connectivity index (χ1v) is 10.5. The van der Waals surface area contributed by atoms with Gasteiger partial charge in [0.05, 0.1) is 4.90 Å². The van der Waals surface area contributed by atoms with E-state index in [0.717, 1.165) is 11.1 Å². The zero-order chi connectivity index (χ0) is 20.1. The summed E-state index contributed by atoms with van der Waals surface area (Å²) in [5.74, 6) is 0.644. The Morgan fingerprint density at radius 1 is 0.964 bits per heavy atom. The fraction of sp³-hybridized carbons (Fsp3) is 0.238. The van der Waals surface area contributed by atoms with Crippen molar-refractivity contribution in [2.75, 3.05) is 4.72 Å². The van der Waals surface area contributed by atoms with Gasteiger partial charge in [-0.05, 0) is 36.1 Å². The first-order chi connectivity index (χ1) is 13.3. The van der Waals surface area contributed by atoms with Crippen LogP contribution >= 0.6 is 0 Å². The Kier molecular flexibility index (Phi) is 5.94. The molecule has 0 fully saturated rings. The van der Waals surface area contributed by atoms with E-state index >= 15 is 0 Å². The van der Waals surface area contributed by atoms with Crippen LogP contribution in [0.25, 0.3) is 0 Å². The molecule has 28 heavy (non-hydrogen) atoms. The lowest BCUT2D eigenvalue weighted by molar-refractivity contribution is 0.294. The Hall–Kier alpha value is -2.93. The summed E-state index contributed by atoms with van der Waals surface area (Å²) in [7, 11) is -3.78. The van der Waals surface area contributed by atoms with Gasteiger partial charge in [-0.3, -0.25) is 4.72 Å². The van der Waals surface area contributed by atoms with E-state index in [4.69, 9.17) is 4.74 Å². The molecule has 3 aromatic rings. The van der Waals surface area contributed by atoms with E-state index in [0.29, 0.717) is 5.92 Å². The van der Waals surface area contributed by atoms with E-state index in [1.807, 2.05) is 19.1 Å². The zero-order valence-corrected chi connectivity index (χ0v) is 16.9. The first kappa shape index (κ1) is 19.8. The van der Waals surface area contributed by atoms with E-state index in [1.165, 1.54) is 18.0 Å². The normalized spacial score (nSPS) is 11.4. The van der Waals surface area contributed by atoms with Crippen LogP contribution in [-0.2, 0) is 16.6 Å². The van der Waals surface area contributed by atoms with Crippen LogP contribution in [0.2, 0.25) is 0 Å². The van der Waals surface area contributed by atoms with Gasteiger partial charge in [-0.15, -0.1) is 0 Å². The lowest BCUT2D eigenvalue weighted by Crippen LogP contribution is -2.15. The molecule has 1 N–H and O–H groups in total. The second-order valence-corrected chi connectivity index (χ2v) is 8.50. The van der Waals surface area contributed by atoms with Crippen molar-refractivity contribution >= 4 is 15.8 Å². The van der Waals surface area contributed by atoms with Gasteiger partial charge >= 0.3 is 0 Å². The molecule has 0 bridgehead atoms. The molecule has 3 rings (SSSR count). The molecule has 1 aromatic heterocycles. The lowest BCUT2D eigenvalue weighted by atomic mass is 10.0. The average molecular weight is 398 g/mol. The molecular formula is C21H23N3O3S. The van der Waals surface area contributed by atoms with Crippen molar-refractivity contribution in [2.24, 2.45) is 0 Å². The molecule has 0 atom stereocenters. The Morgan fingerprint density at radius 2 is 1.61 bits per heavy atom. The average Bonchev–Trinajstić information content (AvgIpc) is 2.68. The fourth-order valence-electron chi connectivity index (χ4n) is 2.55. The van der Waals surface area contributed by atoms with Crippen molar-refractivity contribution in [1.82, 2.24) is 9.97 Å². The zero-order valence-electron chi connectivity index (χ0n) is 16.1. The van der Waals surface area contributed by atoms with Gasteiger partial charge in [-0.25, -0.2) is 18.4 Å². The monoisotopic (exact) mass is 397 g/mol. The Morgan fingerprint density at radius 3 is 2.25 bits per heavy atom. The van der Waals surface area contributed by atoms with E-state index in [9.17, 15) is 8.42 Å². The maximum Gasteiger partial charge on any atom is 0.263 e. The van der Waals surface area contributed by atoms with Crippen LogP contribution in [0.15, 0.2) is 65.8 Å². The number of aromatic nitrogens is 2. The van der Waals surface area contributed by atoms with Crippen LogP contribution in [0.5, 0.6) is 5.88 Å². The van der Waals surface area contributed by atoms with Crippen molar-refractivity contribution < 1.29 is 13.2 Å². The highest BCUT2D eigenvalue weighted by molar-refractivity contribution is 7.92. The molecule has 0 unspecified atom stereocenters. The molecule has 6 nitrogen and oxygen atoms in total. The largest absolute Gasteiger partial charge is 0.470 e. The molecule has 0 aliphatic carbocycles. The van der Waals surface area contributed by atoms with Gasteiger partial charge in [-0.1, -0.05) is 55.8 Å². The number of sulfonamides is 1. The molecule has 0 spiro atoms. The van der Waals surface area contributed by atoms with Crippen molar-refractivity contribution in [1.29, 1.82) is 0 Å². The first-order valence-electron chi connectivity index (χ1n) is 8.97. The molecule has 146 valence electrons. The minimum Gasteiger partial charge on any atom is -0.470 e. The molecule has 0 radical (unpaired) electrons. The summed E-state index contributed by atoms with van der Waals surface area (Å²) < 4.78 is 33.4. The molecule has 0 saturated heterocycles. The third kappa shape index (κ3) is 4.86. The maximum absolute atomic E-state index is 12.6. The van der Waals surface area contributed by atoms with Crippen LogP contribution in [-0.4, -0.2) is 18.4 Å². The van der Waals surface area contributed by atoms with Gasteiger partial charge in [0.25, 0.3) is 15.9 Å². The number of aryl methyl sites for hydroxylation is 1. The molecule has 0 amide bonds. The fourth-order valence-corrected chi connectivity index (χ4v) is 3.56. The molecule has 0 aliphatic rings. The summed E-state index contributed by atoms with van der Waals surface area (Å²) in [6.45, 7) is 6.43.